The van der Waals surface area contributed by atoms with Gasteiger partial charge in [0.2, 0.25) is 0 Å². The minimum Gasteiger partial charge on any atom is -0.409 e. The van der Waals surface area contributed by atoms with E-state index in [9.17, 15) is 4.79 Å². The van der Waals surface area contributed by atoms with Crippen LogP contribution in [0.1, 0.15) is 5.56 Å². The van der Waals surface area contributed by atoms with E-state index in [1.165, 1.54) is 6.20 Å². The van der Waals surface area contributed by atoms with Crippen molar-refractivity contribution in [2.75, 3.05) is 25.1 Å². The molecule has 1 atom stereocenters. The van der Waals surface area contributed by atoms with Crippen LogP contribution in [-0.4, -0.2) is 53.1 Å². The van der Waals surface area contributed by atoms with E-state index >= 15 is 0 Å². The molecule has 0 spiro atoms. The number of amides is 1. The van der Waals surface area contributed by atoms with Gasteiger partial charge in [0.15, 0.2) is 11.9 Å². The number of nitrogens with one attached hydrogen (secondary N) is 2. The maximum atomic E-state index is 11.8. The van der Waals surface area contributed by atoms with Crippen LogP contribution in [-0.2, 0) is 14.3 Å². The minimum absolute atomic E-state index is 0.153. The smallest absolute Gasteiger partial charge is 0.257 e. The number of aromatic amines is 1. The quantitative estimate of drug-likeness (QED) is 0.233. The Bertz CT molecular complexity index is 452. The first-order chi connectivity index (χ1) is 8.72. The molecule has 1 aromatic rings. The van der Waals surface area contributed by atoms with E-state index in [1.54, 1.807) is 0 Å². The lowest BCUT2D eigenvalue weighted by Gasteiger charge is -2.21. The normalized spacial score (nSPS) is 20.7. The first kappa shape index (κ1) is 12.3. The maximum Gasteiger partial charge on any atom is 0.257 e. The molecule has 1 saturated heterocycles. The maximum absolute atomic E-state index is 11.8. The van der Waals surface area contributed by atoms with Crippen LogP contribution >= 0.6 is 0 Å². The molecule has 0 radical (unpaired) electrons. The summed E-state index contributed by atoms with van der Waals surface area (Å²) in [4.78, 5) is 11.8. The molecule has 0 bridgehead atoms. The Morgan fingerprint density at radius 2 is 2.50 bits per heavy atom. The molecule has 1 aliphatic heterocycles. The van der Waals surface area contributed by atoms with E-state index in [0.717, 1.165) is 0 Å². The zero-order chi connectivity index (χ0) is 13.0. The second kappa shape index (κ2) is 5.47. The zero-order valence-corrected chi connectivity index (χ0v) is 9.42. The molecule has 1 aliphatic rings. The molecule has 18 heavy (non-hydrogen) atoms. The van der Waals surface area contributed by atoms with Crippen molar-refractivity contribution in [2.45, 2.75) is 6.10 Å². The first-order valence-electron chi connectivity index (χ1n) is 5.24. The highest BCUT2D eigenvalue weighted by molar-refractivity contribution is 6.05. The van der Waals surface area contributed by atoms with Crippen LogP contribution in [0.4, 0.5) is 5.82 Å². The van der Waals surface area contributed by atoms with Crippen molar-refractivity contribution in [3.8, 4) is 0 Å². The Hall–Kier alpha value is -2.13. The first-order valence-corrected chi connectivity index (χ1v) is 5.24. The zero-order valence-electron chi connectivity index (χ0n) is 9.42. The molecule has 2 rings (SSSR count). The van der Waals surface area contributed by atoms with Gasteiger partial charge in [0.05, 0.1) is 31.6 Å². The van der Waals surface area contributed by atoms with Crippen LogP contribution in [0.3, 0.4) is 0 Å². The van der Waals surface area contributed by atoms with E-state index in [2.05, 4.69) is 20.7 Å². The fourth-order valence-corrected chi connectivity index (χ4v) is 1.47. The molecular weight excluding hydrogens is 242 g/mol. The number of nitrogens with zero attached hydrogens (tertiary/aromatic N) is 2. The van der Waals surface area contributed by atoms with Gasteiger partial charge in [-0.2, -0.15) is 5.10 Å². The third kappa shape index (κ3) is 2.57. The number of H-pyrrole nitrogens is 1. The Morgan fingerprint density at radius 3 is 3.17 bits per heavy atom. The summed E-state index contributed by atoms with van der Waals surface area (Å²) in [6.07, 6.45) is 0.658. The predicted molar refractivity (Wildman–Crippen MR) is 60.3 cm³/mol. The average molecular weight is 255 g/mol. The van der Waals surface area contributed by atoms with Gasteiger partial charge < -0.3 is 25.7 Å². The number of ether oxygens (including phenoxy) is 2. The van der Waals surface area contributed by atoms with Crippen molar-refractivity contribution >= 4 is 17.6 Å². The van der Waals surface area contributed by atoms with Gasteiger partial charge in [-0.05, 0) is 0 Å². The second-order valence-corrected chi connectivity index (χ2v) is 3.57. The molecule has 9 nitrogen and oxygen atoms in total. The molecule has 0 aromatic carbocycles. The van der Waals surface area contributed by atoms with Gasteiger partial charge in [0.25, 0.3) is 5.91 Å². The number of rotatable bonds is 3. The van der Waals surface area contributed by atoms with Crippen molar-refractivity contribution < 1.29 is 19.5 Å². The SMILES string of the molecule is NC(=NO)c1cn[nH]c1NC(=O)C1COCCO1. The molecule has 5 N–H and O–H groups in total. The third-order valence-electron chi connectivity index (χ3n) is 2.38. The lowest BCUT2D eigenvalue weighted by atomic mass is 10.3. The van der Waals surface area contributed by atoms with E-state index in [0.29, 0.717) is 18.8 Å². The molecule has 1 unspecified atom stereocenters. The third-order valence-corrected chi connectivity index (χ3v) is 2.38. The number of amidine groups is 1. The number of anilines is 1. The van der Waals surface area contributed by atoms with Gasteiger partial charge in [0.1, 0.15) is 5.82 Å². The van der Waals surface area contributed by atoms with Crippen molar-refractivity contribution in [3.05, 3.63) is 11.8 Å². The van der Waals surface area contributed by atoms with E-state index in [1.807, 2.05) is 0 Å². The number of hydrogen-bond donors (Lipinski definition) is 4. The lowest BCUT2D eigenvalue weighted by Crippen LogP contribution is -2.39. The van der Waals surface area contributed by atoms with Crippen LogP contribution in [0.2, 0.25) is 0 Å². The summed E-state index contributed by atoms with van der Waals surface area (Å²) in [7, 11) is 0. The Kier molecular flexibility index (Phi) is 3.75. The van der Waals surface area contributed by atoms with Crippen LogP contribution in [0.15, 0.2) is 11.4 Å². The molecule has 1 aromatic heterocycles. The van der Waals surface area contributed by atoms with Crippen molar-refractivity contribution in [1.82, 2.24) is 10.2 Å². The molecule has 98 valence electrons. The van der Waals surface area contributed by atoms with Crippen molar-refractivity contribution in [3.63, 3.8) is 0 Å². The van der Waals surface area contributed by atoms with Crippen molar-refractivity contribution in [1.29, 1.82) is 0 Å². The van der Waals surface area contributed by atoms with E-state index < -0.39 is 6.10 Å². The minimum atomic E-state index is -0.679. The van der Waals surface area contributed by atoms with Gasteiger partial charge in [0, 0.05) is 0 Å². The summed E-state index contributed by atoms with van der Waals surface area (Å²) >= 11 is 0. The highest BCUT2D eigenvalue weighted by Crippen LogP contribution is 2.12. The van der Waals surface area contributed by atoms with E-state index in [4.69, 9.17) is 20.4 Å². The predicted octanol–water partition coefficient (Wildman–Crippen LogP) is -1.14. The van der Waals surface area contributed by atoms with Crippen LogP contribution in [0.25, 0.3) is 0 Å². The van der Waals surface area contributed by atoms with E-state index in [-0.39, 0.29) is 24.2 Å². The van der Waals surface area contributed by atoms with Gasteiger partial charge in [-0.25, -0.2) is 0 Å². The summed E-state index contributed by atoms with van der Waals surface area (Å²) in [5.74, 6) is -0.296. The highest BCUT2D eigenvalue weighted by atomic mass is 16.6. The van der Waals surface area contributed by atoms with Crippen LogP contribution in [0.5, 0.6) is 0 Å². The Balaban J connectivity index is 2.05. The summed E-state index contributed by atoms with van der Waals surface area (Å²) in [6.45, 7) is 1.04. The Morgan fingerprint density at radius 1 is 1.67 bits per heavy atom. The molecule has 1 amide bonds. The van der Waals surface area contributed by atoms with Gasteiger partial charge in [-0.1, -0.05) is 5.16 Å². The van der Waals surface area contributed by atoms with Gasteiger partial charge >= 0.3 is 0 Å². The summed E-state index contributed by atoms with van der Waals surface area (Å²) in [5.41, 5.74) is 5.72. The van der Waals surface area contributed by atoms with Crippen LogP contribution < -0.4 is 11.1 Å². The van der Waals surface area contributed by atoms with Crippen molar-refractivity contribution in [2.24, 2.45) is 10.9 Å². The number of nitrogens with two attached hydrogens (primary N) is 1. The molecule has 0 saturated carbocycles. The molecule has 0 aliphatic carbocycles. The second-order valence-electron chi connectivity index (χ2n) is 3.57. The molecule has 9 heteroatoms. The number of oxime groups is 1. The van der Waals surface area contributed by atoms with Gasteiger partial charge in [-0.15, -0.1) is 0 Å². The van der Waals surface area contributed by atoms with Gasteiger partial charge in [-0.3, -0.25) is 9.89 Å². The monoisotopic (exact) mass is 255 g/mol. The summed E-state index contributed by atoms with van der Waals surface area (Å²) in [6, 6.07) is 0. The summed E-state index contributed by atoms with van der Waals surface area (Å²) < 4.78 is 10.4. The largest absolute Gasteiger partial charge is 0.409 e. The standard InChI is InChI=1S/C9H13N5O4/c10-7(14-16)5-3-11-13-8(5)12-9(15)6-4-17-1-2-18-6/h3,6,16H,1-2,4H2,(H2,10,14)(H2,11,12,13,15). The Labute approximate surface area is 102 Å². The highest BCUT2D eigenvalue weighted by Gasteiger charge is 2.24. The number of carbonyl (C=O) groups excluding carboxylic acids is 1. The number of carbonyl (C=O) groups is 1. The van der Waals surface area contributed by atoms with Crippen LogP contribution in [0, 0.1) is 0 Å². The molecular formula is C9H13N5O4. The summed E-state index contributed by atoms with van der Waals surface area (Å²) in [5, 5.41) is 20.2. The molecule has 1 fully saturated rings. The topological polar surface area (TPSA) is 135 Å². The fraction of sp³-hybridized carbons (Fsp3) is 0.444. The average Bonchev–Trinajstić information content (AvgIpc) is 2.87. The number of aromatic nitrogens is 2. The number of hydrogen-bond acceptors (Lipinski definition) is 6. The molecule has 2 heterocycles. The fourth-order valence-electron chi connectivity index (χ4n) is 1.47. The lowest BCUT2D eigenvalue weighted by molar-refractivity contribution is -0.142.